The summed E-state index contributed by atoms with van der Waals surface area (Å²) in [6.07, 6.45) is 3.00. The third kappa shape index (κ3) is 3.80. The molecule has 1 saturated heterocycles. The minimum Gasteiger partial charge on any atom is -0.313 e. The summed E-state index contributed by atoms with van der Waals surface area (Å²) < 4.78 is 52.9. The van der Waals surface area contributed by atoms with E-state index >= 15 is 0 Å². The Morgan fingerprint density at radius 1 is 1.38 bits per heavy atom. The maximum atomic E-state index is 13.9. The lowest BCUT2D eigenvalue weighted by Gasteiger charge is -2.28. The topological polar surface area (TPSA) is 49.4 Å². The Morgan fingerprint density at radius 2 is 2.10 bits per heavy atom. The first-order valence-corrected chi connectivity index (χ1v) is 8.90. The molecular formula is C13H17BrF2N2O2S. The Balaban J connectivity index is 2.24. The lowest BCUT2D eigenvalue weighted by molar-refractivity contribution is 0.336. The molecule has 1 heterocycles. The van der Waals surface area contributed by atoms with Gasteiger partial charge in [-0.05, 0) is 41.4 Å². The van der Waals surface area contributed by atoms with Gasteiger partial charge in [-0.15, -0.1) is 0 Å². The summed E-state index contributed by atoms with van der Waals surface area (Å²) in [7, 11) is -2.61. The molecule has 8 heteroatoms. The molecule has 1 N–H and O–H groups in total. The van der Waals surface area contributed by atoms with Crippen LogP contribution in [0.5, 0.6) is 0 Å². The van der Waals surface area contributed by atoms with Crippen LogP contribution < -0.4 is 5.32 Å². The molecule has 0 saturated carbocycles. The third-order valence-corrected chi connectivity index (χ3v) is 6.31. The molecule has 1 aromatic rings. The van der Waals surface area contributed by atoms with Crippen LogP contribution in [-0.2, 0) is 10.0 Å². The predicted molar refractivity (Wildman–Crippen MR) is 79.5 cm³/mol. The zero-order chi connectivity index (χ0) is 15.6. The number of hydrogen-bond acceptors (Lipinski definition) is 3. The van der Waals surface area contributed by atoms with Gasteiger partial charge in [0.15, 0.2) is 0 Å². The fourth-order valence-corrected chi connectivity index (χ4v) is 4.74. The zero-order valence-electron chi connectivity index (χ0n) is 11.6. The van der Waals surface area contributed by atoms with Crippen LogP contribution in [0.4, 0.5) is 8.78 Å². The van der Waals surface area contributed by atoms with Gasteiger partial charge in [0.05, 0.1) is 0 Å². The van der Waals surface area contributed by atoms with Crippen molar-refractivity contribution in [3.63, 3.8) is 0 Å². The van der Waals surface area contributed by atoms with Crippen molar-refractivity contribution in [1.82, 2.24) is 9.62 Å². The molecule has 0 aliphatic carbocycles. The molecule has 2 rings (SSSR count). The summed E-state index contributed by atoms with van der Waals surface area (Å²) in [6.45, 7) is 1.11. The van der Waals surface area contributed by atoms with E-state index in [4.69, 9.17) is 0 Å². The molecule has 0 radical (unpaired) electrons. The lowest BCUT2D eigenvalue weighted by Crippen LogP contribution is -2.44. The number of nitrogens with one attached hydrogen (secondary N) is 1. The number of hydrogen-bond donors (Lipinski definition) is 1. The van der Waals surface area contributed by atoms with Gasteiger partial charge in [0.2, 0.25) is 10.0 Å². The number of benzene rings is 1. The fraction of sp³-hybridized carbons (Fsp3) is 0.538. The standard InChI is InChI=1S/C13H17BrF2N2O2S/c1-18(8-10-4-2-3-5-17-10)21(19,20)13-11(14)6-9(15)7-12(13)16/h6-7,10,17H,2-5,8H2,1H3. The highest BCUT2D eigenvalue weighted by molar-refractivity contribution is 9.10. The van der Waals surface area contributed by atoms with Crippen molar-refractivity contribution in [2.75, 3.05) is 20.1 Å². The first-order valence-electron chi connectivity index (χ1n) is 6.66. The Hall–Kier alpha value is -0.570. The Morgan fingerprint density at radius 3 is 2.67 bits per heavy atom. The van der Waals surface area contributed by atoms with Gasteiger partial charge >= 0.3 is 0 Å². The Labute approximate surface area is 131 Å². The summed E-state index contributed by atoms with van der Waals surface area (Å²) in [6, 6.07) is 1.58. The lowest BCUT2D eigenvalue weighted by atomic mass is 10.1. The number of rotatable bonds is 4. The van der Waals surface area contributed by atoms with Crippen LogP contribution in [0.2, 0.25) is 0 Å². The van der Waals surface area contributed by atoms with E-state index in [1.165, 1.54) is 7.05 Å². The SMILES string of the molecule is CN(CC1CCCCN1)S(=O)(=O)c1c(F)cc(F)cc1Br. The normalized spacial score (nSPS) is 20.0. The molecule has 1 aliphatic heterocycles. The fourth-order valence-electron chi connectivity index (χ4n) is 2.42. The largest absolute Gasteiger partial charge is 0.313 e. The minimum atomic E-state index is -4.01. The highest BCUT2D eigenvalue weighted by atomic mass is 79.9. The second kappa shape index (κ2) is 6.68. The van der Waals surface area contributed by atoms with E-state index < -0.39 is 26.6 Å². The molecular weight excluding hydrogens is 366 g/mol. The van der Waals surface area contributed by atoms with E-state index in [1.54, 1.807) is 0 Å². The molecule has 1 atom stereocenters. The monoisotopic (exact) mass is 382 g/mol. The summed E-state index contributed by atoms with van der Waals surface area (Å²) in [5.41, 5.74) is 0. The Kier molecular flexibility index (Phi) is 5.34. The molecule has 1 fully saturated rings. The summed E-state index contributed by atoms with van der Waals surface area (Å²) in [5.74, 6) is -1.92. The van der Waals surface area contributed by atoms with Gasteiger partial charge in [0.1, 0.15) is 16.5 Å². The minimum absolute atomic E-state index is 0.0563. The average Bonchev–Trinajstić information content (AvgIpc) is 2.38. The van der Waals surface area contributed by atoms with Crippen molar-refractivity contribution < 1.29 is 17.2 Å². The van der Waals surface area contributed by atoms with E-state index in [2.05, 4.69) is 21.2 Å². The maximum absolute atomic E-state index is 13.9. The highest BCUT2D eigenvalue weighted by Gasteiger charge is 2.29. The van der Waals surface area contributed by atoms with Crippen molar-refractivity contribution in [1.29, 1.82) is 0 Å². The van der Waals surface area contributed by atoms with Gasteiger partial charge < -0.3 is 5.32 Å². The van der Waals surface area contributed by atoms with Crippen molar-refractivity contribution >= 4 is 26.0 Å². The second-order valence-corrected chi connectivity index (χ2v) is 7.97. The zero-order valence-corrected chi connectivity index (χ0v) is 14.0. The number of piperidine rings is 1. The molecule has 21 heavy (non-hydrogen) atoms. The van der Waals surface area contributed by atoms with E-state index in [9.17, 15) is 17.2 Å². The molecule has 4 nitrogen and oxygen atoms in total. The Bertz CT molecular complexity index is 596. The van der Waals surface area contributed by atoms with Crippen molar-refractivity contribution in [2.24, 2.45) is 0 Å². The van der Waals surface area contributed by atoms with Crippen molar-refractivity contribution in [2.45, 2.75) is 30.2 Å². The smallest absolute Gasteiger partial charge is 0.246 e. The van der Waals surface area contributed by atoms with E-state index in [0.29, 0.717) is 6.07 Å². The third-order valence-electron chi connectivity index (χ3n) is 3.52. The quantitative estimate of drug-likeness (QED) is 0.869. The first-order chi connectivity index (χ1) is 9.82. The number of halogens is 3. The molecule has 0 aromatic heterocycles. The molecule has 1 aliphatic rings. The molecule has 1 unspecified atom stereocenters. The van der Waals surface area contributed by atoms with Crippen LogP contribution in [0.3, 0.4) is 0 Å². The van der Waals surface area contributed by atoms with Crippen LogP contribution in [0.25, 0.3) is 0 Å². The summed E-state index contributed by atoms with van der Waals surface area (Å²) in [4.78, 5) is -0.526. The average molecular weight is 383 g/mol. The predicted octanol–water partition coefficient (Wildman–Crippen LogP) is 2.49. The maximum Gasteiger partial charge on any atom is 0.246 e. The van der Waals surface area contributed by atoms with Crippen LogP contribution in [0.1, 0.15) is 19.3 Å². The summed E-state index contributed by atoms with van der Waals surface area (Å²) >= 11 is 2.93. The van der Waals surface area contributed by atoms with Crippen LogP contribution >= 0.6 is 15.9 Å². The van der Waals surface area contributed by atoms with Crippen molar-refractivity contribution in [3.8, 4) is 0 Å². The van der Waals surface area contributed by atoms with Gasteiger partial charge in [-0.2, -0.15) is 4.31 Å². The molecule has 118 valence electrons. The number of likely N-dealkylation sites (N-methyl/N-ethyl adjacent to an activating group) is 1. The first kappa shape index (κ1) is 16.8. The number of sulfonamides is 1. The van der Waals surface area contributed by atoms with Gasteiger partial charge in [-0.25, -0.2) is 17.2 Å². The van der Waals surface area contributed by atoms with Gasteiger partial charge in [-0.1, -0.05) is 6.42 Å². The molecule has 1 aromatic carbocycles. The van der Waals surface area contributed by atoms with Gasteiger partial charge in [-0.3, -0.25) is 0 Å². The summed E-state index contributed by atoms with van der Waals surface area (Å²) in [5, 5.41) is 3.24. The second-order valence-electron chi connectivity index (χ2n) is 5.13. The molecule has 0 spiro atoms. The van der Waals surface area contributed by atoms with Crippen LogP contribution in [0.15, 0.2) is 21.5 Å². The van der Waals surface area contributed by atoms with E-state index in [1.807, 2.05) is 0 Å². The number of nitrogens with zero attached hydrogens (tertiary/aromatic N) is 1. The van der Waals surface area contributed by atoms with Gasteiger partial charge in [0, 0.05) is 30.2 Å². The highest BCUT2D eigenvalue weighted by Crippen LogP contribution is 2.28. The van der Waals surface area contributed by atoms with E-state index in [0.717, 1.165) is 36.2 Å². The molecule has 0 bridgehead atoms. The van der Waals surface area contributed by atoms with E-state index in [-0.39, 0.29) is 17.1 Å². The van der Waals surface area contributed by atoms with Crippen LogP contribution in [-0.4, -0.2) is 38.9 Å². The van der Waals surface area contributed by atoms with Crippen molar-refractivity contribution in [3.05, 3.63) is 28.2 Å². The van der Waals surface area contributed by atoms with Crippen LogP contribution in [0, 0.1) is 11.6 Å². The molecule has 0 amide bonds. The van der Waals surface area contributed by atoms with Gasteiger partial charge in [0.25, 0.3) is 0 Å².